The van der Waals surface area contributed by atoms with Gasteiger partial charge in [0.1, 0.15) is 100 Å². The normalized spacial score (nSPS) is 29.7. The topological polar surface area (TPSA) is 370 Å². The number of nitrogens with one attached hydrogen (secondary N) is 10. The zero-order chi connectivity index (χ0) is 98.6. The summed E-state index contributed by atoms with van der Waals surface area (Å²) in [5, 5.41) is 20.6. The van der Waals surface area contributed by atoms with Crippen molar-refractivity contribution in [3.8, 4) is 0 Å². The molecular weight excluding hydrogens is 1810 g/mol. The van der Waals surface area contributed by atoms with E-state index >= 15 is 8.78 Å². The van der Waals surface area contributed by atoms with E-state index in [1.165, 1.54) is 62.0 Å². The highest BCUT2D eigenvalue weighted by Gasteiger charge is 2.73. The molecule has 10 fully saturated rings. The smallest absolute Gasteiger partial charge is 0.258 e. The van der Waals surface area contributed by atoms with Gasteiger partial charge < -0.3 is 76.0 Å². The van der Waals surface area contributed by atoms with Crippen LogP contribution in [0.4, 0.5) is 64.2 Å². The molecule has 38 heteroatoms. The molecule has 5 aliphatic heterocycles. The lowest BCUT2D eigenvalue weighted by atomic mass is 9.98. The maximum Gasteiger partial charge on any atom is 0.258 e. The van der Waals surface area contributed by atoms with Crippen molar-refractivity contribution in [3.05, 3.63) is 154 Å². The van der Waals surface area contributed by atoms with Crippen LogP contribution in [0, 0.1) is 28.6 Å². The van der Waals surface area contributed by atoms with Crippen molar-refractivity contribution in [2.75, 3.05) is 59.3 Å². The number of rotatable bonds is 20. The highest BCUT2D eigenvalue weighted by Crippen LogP contribution is 2.72. The SMILES string of the molecule is C.C.C.C=CC(=O)N1C[C@H](Nc2ncnc3[nH]cc([C@@H]4C(C)(C)C4(C)F)c23)CC[C@@H]1C.C=CC(=O)N1C[C@H](Nc2ncnc3[nH]cc([C@@H]4[C@@H](C)C4(F)F)c23)CC[C@@H]1C.C=CC(=O)N1C[C@H](Nc2ncnc3[nH]cc([C@@H]4[C@H](C)C4(F)F)c23)CC[C@@H]1C.C=CC(=O)N1C[C@H](Nc2ncnc3[nH]cc([C@H]4C(C)(C)C4(C)F)c23)CC[C@@H]1C.C=CC(=O)N1C[C@H](Nc2ncnc3[nH]cc([C@H]4[C@H](C)C4(F)F)c23)CC[C@@H]1C. The number of hydrogen-bond acceptors (Lipinski definition) is 20. The van der Waals surface area contributed by atoms with E-state index in [2.05, 4.69) is 148 Å². The molecule has 2 unspecified atom stereocenters. The van der Waals surface area contributed by atoms with Gasteiger partial charge in [-0.1, -0.05) is 104 Å². The summed E-state index contributed by atoms with van der Waals surface area (Å²) in [5.41, 5.74) is 3.13. The second-order valence-electron chi connectivity index (χ2n) is 40.5. The maximum absolute atomic E-state index is 15.0. The van der Waals surface area contributed by atoms with Gasteiger partial charge in [-0.3, -0.25) is 24.0 Å². The lowest BCUT2D eigenvalue weighted by Gasteiger charge is -2.38. The summed E-state index contributed by atoms with van der Waals surface area (Å²) in [5.74, 6) is -10.4. The molecule has 5 saturated carbocycles. The van der Waals surface area contributed by atoms with Gasteiger partial charge in [0.15, 0.2) is 0 Å². The Labute approximate surface area is 812 Å². The Kier molecular flexibility index (Phi) is 29.9. The first-order valence-corrected chi connectivity index (χ1v) is 47.5. The molecule has 10 aromatic heterocycles. The number of carbonyl (C=O) groups excluding carboxylic acids is 5. The molecule has 5 aliphatic carbocycles. The van der Waals surface area contributed by atoms with E-state index in [0.29, 0.717) is 123 Å². The first kappa shape index (κ1) is 105. The molecule has 10 aromatic rings. The highest BCUT2D eigenvalue weighted by molar-refractivity contribution is 5.97. The van der Waals surface area contributed by atoms with Crippen molar-refractivity contribution in [3.63, 3.8) is 0 Å². The van der Waals surface area contributed by atoms with Crippen LogP contribution in [0.1, 0.15) is 241 Å². The van der Waals surface area contributed by atoms with Gasteiger partial charge in [-0.15, -0.1) is 0 Å². The quantitative estimate of drug-likeness (QED) is 0.0250. The van der Waals surface area contributed by atoms with Crippen molar-refractivity contribution < 1.29 is 59.1 Å². The summed E-state index contributed by atoms with van der Waals surface area (Å²) < 4.78 is 114. The van der Waals surface area contributed by atoms with Crippen molar-refractivity contribution in [2.45, 2.75) is 303 Å². The first-order chi connectivity index (χ1) is 64.9. The van der Waals surface area contributed by atoms with Crippen LogP contribution in [-0.4, -0.2) is 251 Å². The van der Waals surface area contributed by atoms with Gasteiger partial charge in [0.05, 0.1) is 44.7 Å². The van der Waals surface area contributed by atoms with Crippen LogP contribution < -0.4 is 26.6 Å². The summed E-state index contributed by atoms with van der Waals surface area (Å²) in [7, 11) is 0. The predicted molar refractivity (Wildman–Crippen MR) is 532 cm³/mol. The van der Waals surface area contributed by atoms with Crippen LogP contribution in [0.25, 0.3) is 55.2 Å². The number of anilines is 5. The van der Waals surface area contributed by atoms with Gasteiger partial charge in [0.2, 0.25) is 29.5 Å². The molecule has 5 saturated heterocycles. The zero-order valence-corrected chi connectivity index (χ0v) is 80.0. The fourth-order valence-electron chi connectivity index (χ4n) is 22.0. The number of alkyl halides is 8. The molecular formula is C102H137F8N25O5. The van der Waals surface area contributed by atoms with Crippen molar-refractivity contribution in [1.29, 1.82) is 0 Å². The van der Waals surface area contributed by atoms with Crippen LogP contribution in [-0.2, 0) is 24.0 Å². The van der Waals surface area contributed by atoms with E-state index in [4.69, 9.17) is 0 Å². The van der Waals surface area contributed by atoms with Crippen LogP contribution in [0.2, 0.25) is 0 Å². The Morgan fingerprint density at radius 1 is 0.307 bits per heavy atom. The first-order valence-electron chi connectivity index (χ1n) is 47.5. The number of carbonyl (C=O) groups is 5. The predicted octanol–water partition coefficient (Wildman–Crippen LogP) is 19.4. The monoisotopic (exact) mass is 1940 g/mol. The number of halogens is 8. The average molecular weight is 1950 g/mol. The molecule has 0 spiro atoms. The summed E-state index contributed by atoms with van der Waals surface area (Å²) in [4.78, 5) is 128. The van der Waals surface area contributed by atoms with Gasteiger partial charge in [-0.25, -0.2) is 85.0 Å². The van der Waals surface area contributed by atoms with Crippen molar-refractivity contribution in [1.82, 2.24) is 99.3 Å². The Morgan fingerprint density at radius 2 is 0.471 bits per heavy atom. The van der Waals surface area contributed by atoms with Crippen LogP contribution >= 0.6 is 0 Å². The number of likely N-dealkylation sites (tertiary alicyclic amines) is 5. The van der Waals surface area contributed by atoms with Gasteiger partial charge in [0, 0.05) is 165 Å². The molecule has 20 rings (SSSR count). The van der Waals surface area contributed by atoms with Crippen molar-refractivity contribution in [2.24, 2.45) is 28.6 Å². The number of fused-ring (bicyclic) bond motifs is 5. The van der Waals surface area contributed by atoms with Crippen LogP contribution in [0.3, 0.4) is 0 Å². The molecule has 10 aliphatic rings. The molecule has 20 atom stereocenters. The number of piperidine rings is 5. The lowest BCUT2D eigenvalue weighted by molar-refractivity contribution is -0.130. The molecule has 0 bridgehead atoms. The minimum absolute atomic E-state index is 0. The molecule has 5 amide bonds. The highest BCUT2D eigenvalue weighted by atomic mass is 19.3. The van der Waals surface area contributed by atoms with Crippen LogP contribution in [0.5, 0.6) is 0 Å². The Hall–Kier alpha value is -12.4. The maximum atomic E-state index is 15.0. The molecule has 0 aromatic carbocycles. The summed E-state index contributed by atoms with van der Waals surface area (Å²) in [6.45, 7) is 46.6. The number of nitrogens with zero attached hydrogens (tertiary/aromatic N) is 15. The van der Waals surface area contributed by atoms with E-state index in [1.54, 1.807) is 67.9 Å². The minimum Gasteiger partial charge on any atom is -0.365 e. The fourth-order valence-corrected chi connectivity index (χ4v) is 22.0. The van der Waals surface area contributed by atoms with Crippen molar-refractivity contribution >= 4 is 114 Å². The Morgan fingerprint density at radius 3 is 0.629 bits per heavy atom. The Balaban J connectivity index is 0.000000147. The average Bonchev–Trinajstić information content (AvgIpc) is 1.51. The van der Waals surface area contributed by atoms with Crippen LogP contribution in [0.15, 0.2) is 126 Å². The Bertz CT molecular complexity index is 5750. The standard InChI is InChI=1S/2C21H28FN5O.3C19H23F2N5O.3CH4/c2*1-6-15(28)27-10-13(8-7-12(27)2)26-19-16-14(9-23-18(16)24-11-25-19)17-20(3,4)21(17,5)22;3*1-4-14(27)26-8-12(6-5-10(26)2)25-18-15-13(16-11(3)19(16,20)21)7-22-17(15)23-9-24-18;;;/h2*6,9,11-13,17H,1,7-8,10H2,2-5H3,(H2,23,24,25,26);3*4,7,9-12,16H,1,5-6,8H2,2-3H3,(H2,22,23,24,25);3*1H4/t12-,13+,17+,21?;12-,13+,17-,21?;10-,11+,12+,16-;10-,11-,12+,16+;10-,11-,12+,16-;;;/m00000.../s1. The second kappa shape index (κ2) is 39.9. The third kappa shape index (κ3) is 19.3. The van der Waals surface area contributed by atoms with E-state index in [1.807, 2.05) is 70.7 Å². The molecule has 15 heterocycles. The third-order valence-corrected chi connectivity index (χ3v) is 31.7. The van der Waals surface area contributed by atoms with E-state index in [-0.39, 0.29) is 124 Å². The number of H-pyrrole nitrogens is 5. The molecule has 10 N–H and O–H groups in total. The fraction of sp³-hybridized carbons (Fsp3) is 0.559. The molecule has 756 valence electrons. The minimum atomic E-state index is -2.70. The molecule has 0 radical (unpaired) electrons. The number of aromatic amines is 5. The number of amides is 5. The third-order valence-electron chi connectivity index (χ3n) is 31.7. The van der Waals surface area contributed by atoms with E-state index in [0.717, 1.165) is 86.1 Å². The van der Waals surface area contributed by atoms with E-state index < -0.39 is 75.4 Å². The summed E-state index contributed by atoms with van der Waals surface area (Å²) in [6, 6.07) is 0.935. The summed E-state index contributed by atoms with van der Waals surface area (Å²) in [6.07, 6.45) is 31.3. The summed E-state index contributed by atoms with van der Waals surface area (Å²) >= 11 is 0. The largest absolute Gasteiger partial charge is 0.365 e. The number of hydrogen-bond donors (Lipinski definition) is 10. The second-order valence-corrected chi connectivity index (χ2v) is 40.5. The van der Waals surface area contributed by atoms with Gasteiger partial charge in [-0.05, 0) is 171 Å². The number of aromatic nitrogens is 15. The van der Waals surface area contributed by atoms with E-state index in [9.17, 15) is 50.3 Å². The zero-order valence-electron chi connectivity index (χ0n) is 80.0. The van der Waals surface area contributed by atoms with Gasteiger partial charge >= 0.3 is 0 Å². The van der Waals surface area contributed by atoms with Gasteiger partial charge in [-0.2, -0.15) is 0 Å². The lowest BCUT2D eigenvalue weighted by Crippen LogP contribution is -2.49. The molecule has 30 nitrogen and oxygen atoms in total. The molecule has 140 heavy (non-hydrogen) atoms. The van der Waals surface area contributed by atoms with Gasteiger partial charge in [0.25, 0.3) is 17.8 Å².